The Morgan fingerprint density at radius 1 is 0.831 bits per heavy atom. The predicted molar refractivity (Wildman–Crippen MR) is 262 cm³/mol. The monoisotopic (exact) mass is 1020 g/mol. The molecule has 2 unspecified atom stereocenters. The lowest BCUT2D eigenvalue weighted by atomic mass is 9.74. The summed E-state index contributed by atoms with van der Waals surface area (Å²) >= 11 is 0. The molecule has 0 aliphatic carbocycles. The number of rotatable bonds is 16. The number of hydrogen-bond acceptors (Lipinski definition) is 19. The molecule has 4 rings (SSSR count). The number of carbonyl (C=O) groups is 3. The second-order valence-electron chi connectivity index (χ2n) is 21.9. The molecule has 0 amide bonds. The summed E-state index contributed by atoms with van der Waals surface area (Å²) in [5.41, 5.74) is -1.69. The Balaban J connectivity index is 1.88. The zero-order chi connectivity index (χ0) is 53.2. The van der Waals surface area contributed by atoms with E-state index in [4.69, 9.17) is 52.2 Å². The number of oxime groups is 1. The van der Waals surface area contributed by atoms with Crippen LogP contribution < -0.4 is 0 Å². The fourth-order valence-electron chi connectivity index (χ4n) is 11.2. The fourth-order valence-corrected chi connectivity index (χ4v) is 11.2. The Labute approximate surface area is 423 Å². The normalized spacial score (nSPS) is 42.8. The van der Waals surface area contributed by atoms with Crippen LogP contribution in [0.2, 0.25) is 0 Å². The molecule has 3 N–H and O–H groups in total. The lowest BCUT2D eigenvalue weighted by Gasteiger charge is -2.44. The van der Waals surface area contributed by atoms with E-state index in [1.807, 2.05) is 48.5 Å². The number of cyclic esters (lactones) is 1. The van der Waals surface area contributed by atoms with Crippen molar-refractivity contribution in [3.05, 3.63) is 0 Å². The molecule has 22 atom stereocenters. The predicted octanol–water partition coefficient (Wildman–Crippen LogP) is 5.05. The number of esters is 2. The van der Waals surface area contributed by atoms with Crippen molar-refractivity contribution in [2.75, 3.05) is 41.0 Å². The van der Waals surface area contributed by atoms with Gasteiger partial charge in [-0.1, -0.05) is 60.5 Å². The maximum Gasteiger partial charge on any atom is 0.311 e. The van der Waals surface area contributed by atoms with Crippen LogP contribution >= 0.6 is 0 Å². The van der Waals surface area contributed by atoms with E-state index in [0.29, 0.717) is 18.7 Å². The van der Waals surface area contributed by atoms with E-state index < -0.39 is 139 Å². The van der Waals surface area contributed by atoms with Gasteiger partial charge in [-0.25, -0.2) is 0 Å². The second-order valence-corrected chi connectivity index (χ2v) is 21.9. The van der Waals surface area contributed by atoms with Gasteiger partial charge in [0.1, 0.15) is 49.3 Å². The maximum absolute atomic E-state index is 15.2. The molecule has 0 aromatic rings. The van der Waals surface area contributed by atoms with Crippen molar-refractivity contribution in [2.24, 2.45) is 46.6 Å². The van der Waals surface area contributed by atoms with Crippen molar-refractivity contribution in [2.45, 2.75) is 227 Å². The highest BCUT2D eigenvalue weighted by Crippen LogP contribution is 2.39. The van der Waals surface area contributed by atoms with E-state index in [-0.39, 0.29) is 43.9 Å². The largest absolute Gasteiger partial charge is 0.461 e. The van der Waals surface area contributed by atoms with E-state index in [1.54, 1.807) is 27.7 Å². The summed E-state index contributed by atoms with van der Waals surface area (Å²) in [4.78, 5) is 51.2. The van der Waals surface area contributed by atoms with Gasteiger partial charge in [0.05, 0.1) is 54.7 Å². The Kier molecular flexibility index (Phi) is 23.6. The number of aliphatic hydroxyl groups excluding tert-OH is 2. The lowest BCUT2D eigenvalue weighted by Crippen LogP contribution is -2.59. The molecule has 71 heavy (non-hydrogen) atoms. The molecule has 19 heteroatoms. The summed E-state index contributed by atoms with van der Waals surface area (Å²) in [5, 5.41) is 39.0. The summed E-state index contributed by atoms with van der Waals surface area (Å²) in [6, 6.07) is 0.0681. The van der Waals surface area contributed by atoms with Gasteiger partial charge in [0.15, 0.2) is 24.7 Å². The smallest absolute Gasteiger partial charge is 0.311 e. The van der Waals surface area contributed by atoms with E-state index in [1.165, 1.54) is 28.3 Å². The molecule has 0 saturated carbocycles. The zero-order valence-corrected chi connectivity index (χ0v) is 45.8. The van der Waals surface area contributed by atoms with Crippen molar-refractivity contribution in [1.29, 1.82) is 0 Å². The summed E-state index contributed by atoms with van der Waals surface area (Å²) in [6.45, 7) is 27.1. The molecule has 0 radical (unpaired) electrons. The number of hydrogen-bond donors (Lipinski definition) is 3. The first-order valence-corrected chi connectivity index (χ1v) is 26.1. The van der Waals surface area contributed by atoms with E-state index in [0.717, 1.165) is 13.0 Å². The molecule has 4 aliphatic rings. The van der Waals surface area contributed by atoms with Crippen LogP contribution in [0.15, 0.2) is 5.16 Å². The Morgan fingerprint density at radius 2 is 1.49 bits per heavy atom. The van der Waals surface area contributed by atoms with Gasteiger partial charge in [0.2, 0.25) is 0 Å². The first kappa shape index (κ1) is 61.1. The molecule has 0 aromatic carbocycles. The number of nitrogens with zero attached hydrogens (tertiary/aromatic N) is 2. The van der Waals surface area contributed by atoms with Crippen LogP contribution in [0.1, 0.15) is 129 Å². The van der Waals surface area contributed by atoms with Gasteiger partial charge in [0, 0.05) is 63.8 Å². The third-order valence-corrected chi connectivity index (χ3v) is 15.0. The van der Waals surface area contributed by atoms with Crippen LogP contribution in [0.3, 0.4) is 0 Å². The van der Waals surface area contributed by atoms with Gasteiger partial charge < -0.3 is 67.5 Å². The molecule has 0 aromatic heterocycles. The quantitative estimate of drug-likeness (QED) is 0.136. The topological polar surface area (TPSA) is 229 Å². The summed E-state index contributed by atoms with van der Waals surface area (Å²) in [7, 11) is 4.32. The Morgan fingerprint density at radius 3 is 2.10 bits per heavy atom. The van der Waals surface area contributed by atoms with Gasteiger partial charge in [-0.2, -0.15) is 0 Å². The average Bonchev–Trinajstić information content (AvgIpc) is 3.43. The first-order valence-electron chi connectivity index (χ1n) is 26.1. The minimum Gasteiger partial charge on any atom is -0.461 e. The molecular formula is C52H92N2O17. The average molecular weight is 1020 g/mol. The van der Waals surface area contributed by atoms with Gasteiger partial charge in [-0.3, -0.25) is 19.3 Å². The minimum absolute atomic E-state index is 0.0525. The second kappa shape index (κ2) is 27.4. The fraction of sp³-hybridized carbons (Fsp3) is 0.923. The first-order chi connectivity index (χ1) is 33.3. The highest BCUT2D eigenvalue weighted by atomic mass is 16.7. The van der Waals surface area contributed by atoms with Crippen LogP contribution in [0.5, 0.6) is 0 Å². The number of ketones is 1. The number of carbonyl (C=O) groups excluding carboxylic acids is 3. The van der Waals surface area contributed by atoms with Crippen LogP contribution in [-0.4, -0.2) is 182 Å². The summed E-state index contributed by atoms with van der Waals surface area (Å²) in [5.74, 6) is -6.83. The van der Waals surface area contributed by atoms with Crippen LogP contribution in [-0.2, 0) is 66.6 Å². The van der Waals surface area contributed by atoms with Crippen LogP contribution in [0.25, 0.3) is 0 Å². The van der Waals surface area contributed by atoms with Crippen LogP contribution in [0.4, 0.5) is 0 Å². The minimum atomic E-state index is -2.01. The van der Waals surface area contributed by atoms with Crippen molar-refractivity contribution >= 4 is 23.4 Å². The molecule has 0 bridgehead atoms. The molecule has 4 aliphatic heterocycles. The number of aliphatic hydroxyl groups is 3. The molecule has 4 fully saturated rings. The third kappa shape index (κ3) is 15.8. The maximum atomic E-state index is 15.2. The highest BCUT2D eigenvalue weighted by molar-refractivity contribution is 5.90. The molecular weight excluding hydrogens is 925 g/mol. The molecule has 4 saturated heterocycles. The standard InChI is InChI=1S/C52H92N2O17/c1-18-19-54-24-31(8)65-39(21-29(54)6)69-45-32(9)42(71-50-41(57)37(53-63-17)22-30(7)66-50)27(4)23-52(14,60)48(58)34(11)44(68-38(55)20-26(2)3)33(10)43(70-49(59)35(45)12)28(5)25-64-51-47(62-16)46(61-15)40(56)36(13)67-51/h26-36,39-47,50-51,56-57,60H,18-25H2,1-17H3/b53-37+/t27-,28-,29?,30+,31-,32+,33-,34+,35+,36+,39-,40+,41?,42-,43+,44+,45-,46+,47+,50-,51+,52-/m0/s1. The molecule has 4 heterocycles. The molecule has 19 nitrogen and oxygen atoms in total. The van der Waals surface area contributed by atoms with E-state index >= 15 is 4.79 Å². The number of Topliss-reactive ketones (excluding diaryl/α,β-unsaturated/α-hetero) is 1. The third-order valence-electron chi connectivity index (χ3n) is 15.0. The Bertz CT molecular complexity index is 1700. The van der Waals surface area contributed by atoms with Gasteiger partial charge in [-0.15, -0.1) is 0 Å². The SMILES string of the molecule is CCCN1C[C@H](C)O[C@@H](O[C@H]2[C@H](C)[C@@H](O[C@@H]3O[C@H](C)C/C(=N\OC)C3O)[C@@H](C)C[C@](C)(O)C(=O)[C@H](C)[C@H](OC(=O)CC(C)C)[C@@H](C)[C@@H]([C@@H](C)CO[C@@H]3O[C@H](C)[C@@H](O)[C@@H](OC)[C@H]3OC)OC(=O)[C@@H]2C)CC1C. The van der Waals surface area contributed by atoms with E-state index in [2.05, 4.69) is 23.9 Å². The van der Waals surface area contributed by atoms with Crippen molar-refractivity contribution < 1.29 is 81.9 Å². The van der Waals surface area contributed by atoms with Gasteiger partial charge in [-0.05, 0) is 72.8 Å². The van der Waals surface area contributed by atoms with Crippen molar-refractivity contribution in [3.63, 3.8) is 0 Å². The molecule has 412 valence electrons. The van der Waals surface area contributed by atoms with Gasteiger partial charge >= 0.3 is 11.9 Å². The highest BCUT2D eigenvalue weighted by Gasteiger charge is 2.51. The summed E-state index contributed by atoms with van der Waals surface area (Å²) in [6.07, 6.45) is -10.8. The zero-order valence-electron chi connectivity index (χ0n) is 45.8. The Hall–Kier alpha value is -2.40. The number of ether oxygens (including phenoxy) is 10. The van der Waals surface area contributed by atoms with Crippen molar-refractivity contribution in [3.8, 4) is 0 Å². The molecule has 0 spiro atoms. The van der Waals surface area contributed by atoms with E-state index in [9.17, 15) is 24.9 Å². The lowest BCUT2D eigenvalue weighted by molar-refractivity contribution is -0.305. The number of methoxy groups -OCH3 is 2. The van der Waals surface area contributed by atoms with Gasteiger partial charge in [0.25, 0.3) is 0 Å². The summed E-state index contributed by atoms with van der Waals surface area (Å²) < 4.78 is 63.4. The van der Waals surface area contributed by atoms with Crippen molar-refractivity contribution in [1.82, 2.24) is 4.90 Å². The van der Waals surface area contributed by atoms with Crippen LogP contribution in [0, 0.1) is 41.4 Å².